The molecule has 0 aliphatic heterocycles. The summed E-state index contributed by atoms with van der Waals surface area (Å²) in [4.78, 5) is 0. The number of hydrogen-bond donors (Lipinski definition) is 1. The molecule has 1 aromatic rings. The second-order valence-corrected chi connectivity index (χ2v) is 7.70. The monoisotopic (exact) mass is 421 g/mol. The summed E-state index contributed by atoms with van der Waals surface area (Å²) in [6.45, 7) is 4.71. The van der Waals surface area contributed by atoms with Crippen molar-refractivity contribution in [2.75, 3.05) is 5.32 Å². The third kappa shape index (κ3) is 3.86. The van der Waals surface area contributed by atoms with Crippen LogP contribution in [0.25, 0.3) is 0 Å². The maximum Gasteiger partial charge on any atom is 0.0489 e. The number of hydrogen-bond acceptors (Lipinski definition) is 1. The van der Waals surface area contributed by atoms with Crippen LogP contribution in [-0.2, 0) is 0 Å². The van der Waals surface area contributed by atoms with Crippen molar-refractivity contribution in [1.82, 2.24) is 0 Å². The van der Waals surface area contributed by atoms with E-state index >= 15 is 0 Å². The van der Waals surface area contributed by atoms with Gasteiger partial charge < -0.3 is 5.32 Å². The van der Waals surface area contributed by atoms with Gasteiger partial charge in [-0.1, -0.05) is 29.8 Å². The first-order chi connectivity index (χ1) is 8.56. The van der Waals surface area contributed by atoms with E-state index < -0.39 is 0 Å². The predicted molar refractivity (Wildman–Crippen MR) is 91.1 cm³/mol. The van der Waals surface area contributed by atoms with Crippen LogP contribution in [0.5, 0.6) is 0 Å². The zero-order valence-corrected chi connectivity index (χ0v) is 14.8. The largest absolute Gasteiger partial charge is 0.381 e. The van der Waals surface area contributed by atoms with Crippen molar-refractivity contribution < 1.29 is 0 Å². The summed E-state index contributed by atoms with van der Waals surface area (Å²) in [5, 5.41) is 3.71. The smallest absolute Gasteiger partial charge is 0.0489 e. The molecule has 0 bridgehead atoms. The second-order valence-electron chi connectivity index (χ2n) is 5.62. The SMILES string of the molecule is CC(C)C1CCC(Nc2cc(Br)ccc2I)CC1. The number of anilines is 1. The summed E-state index contributed by atoms with van der Waals surface area (Å²) in [6.07, 6.45) is 5.37. The van der Waals surface area contributed by atoms with E-state index in [4.69, 9.17) is 0 Å². The molecule has 2 rings (SSSR count). The minimum absolute atomic E-state index is 0.655. The Morgan fingerprint density at radius 1 is 1.22 bits per heavy atom. The number of benzene rings is 1. The van der Waals surface area contributed by atoms with E-state index in [1.807, 2.05) is 0 Å². The number of nitrogens with one attached hydrogen (secondary N) is 1. The Bertz CT molecular complexity index is 397. The van der Waals surface area contributed by atoms with Crippen LogP contribution in [0.15, 0.2) is 22.7 Å². The minimum Gasteiger partial charge on any atom is -0.381 e. The third-order valence-electron chi connectivity index (χ3n) is 4.00. The van der Waals surface area contributed by atoms with Gasteiger partial charge in [0, 0.05) is 19.8 Å². The first-order valence-corrected chi connectivity index (χ1v) is 8.65. The van der Waals surface area contributed by atoms with E-state index in [-0.39, 0.29) is 0 Å². The Hall–Kier alpha value is 0.230. The van der Waals surface area contributed by atoms with E-state index in [1.54, 1.807) is 0 Å². The molecule has 1 nitrogen and oxygen atoms in total. The van der Waals surface area contributed by atoms with Crippen LogP contribution in [-0.4, -0.2) is 6.04 Å². The topological polar surface area (TPSA) is 12.0 Å². The predicted octanol–water partition coefficient (Wildman–Crippen LogP) is 5.68. The van der Waals surface area contributed by atoms with E-state index in [9.17, 15) is 0 Å². The van der Waals surface area contributed by atoms with Crippen molar-refractivity contribution in [2.45, 2.75) is 45.6 Å². The molecule has 0 amide bonds. The van der Waals surface area contributed by atoms with Crippen LogP contribution in [0.1, 0.15) is 39.5 Å². The van der Waals surface area contributed by atoms with Gasteiger partial charge in [0.25, 0.3) is 0 Å². The molecule has 0 aromatic heterocycles. The van der Waals surface area contributed by atoms with E-state index in [0.717, 1.165) is 16.3 Å². The van der Waals surface area contributed by atoms with Crippen LogP contribution in [0, 0.1) is 15.4 Å². The maximum atomic E-state index is 3.71. The quantitative estimate of drug-likeness (QED) is 0.619. The Morgan fingerprint density at radius 3 is 2.50 bits per heavy atom. The molecule has 1 saturated carbocycles. The van der Waals surface area contributed by atoms with Crippen molar-refractivity contribution in [1.29, 1.82) is 0 Å². The molecule has 0 radical (unpaired) electrons. The molecule has 1 fully saturated rings. The zero-order chi connectivity index (χ0) is 13.1. The molecule has 18 heavy (non-hydrogen) atoms. The number of rotatable bonds is 3. The van der Waals surface area contributed by atoms with Gasteiger partial charge in [-0.3, -0.25) is 0 Å². The highest BCUT2D eigenvalue weighted by Crippen LogP contribution is 2.32. The fourth-order valence-electron chi connectivity index (χ4n) is 2.76. The maximum absolute atomic E-state index is 3.71. The van der Waals surface area contributed by atoms with Crippen LogP contribution in [0.4, 0.5) is 5.69 Å². The van der Waals surface area contributed by atoms with Gasteiger partial charge in [0.2, 0.25) is 0 Å². The van der Waals surface area contributed by atoms with E-state index in [1.165, 1.54) is 34.9 Å². The molecule has 0 unspecified atom stereocenters. The molecule has 1 N–H and O–H groups in total. The summed E-state index contributed by atoms with van der Waals surface area (Å²) in [5.74, 6) is 1.78. The molecule has 1 aromatic carbocycles. The van der Waals surface area contributed by atoms with E-state index in [0.29, 0.717) is 6.04 Å². The van der Waals surface area contributed by atoms with Gasteiger partial charge >= 0.3 is 0 Å². The summed E-state index contributed by atoms with van der Waals surface area (Å²) < 4.78 is 2.46. The number of halogens is 2. The Labute approximate surface area is 132 Å². The van der Waals surface area contributed by atoms with Crippen molar-refractivity contribution in [3.05, 3.63) is 26.2 Å². The lowest BCUT2D eigenvalue weighted by atomic mass is 9.79. The van der Waals surface area contributed by atoms with Crippen LogP contribution in [0.3, 0.4) is 0 Å². The lowest BCUT2D eigenvalue weighted by molar-refractivity contribution is 0.267. The molecule has 0 heterocycles. The Morgan fingerprint density at radius 2 is 1.89 bits per heavy atom. The Balaban J connectivity index is 1.93. The molecular weight excluding hydrogens is 401 g/mol. The average Bonchev–Trinajstić information content (AvgIpc) is 2.34. The van der Waals surface area contributed by atoms with E-state index in [2.05, 4.69) is 75.9 Å². The zero-order valence-electron chi connectivity index (χ0n) is 11.0. The molecule has 100 valence electrons. The fraction of sp³-hybridized carbons (Fsp3) is 0.600. The van der Waals surface area contributed by atoms with Gasteiger partial charge in [-0.2, -0.15) is 0 Å². The molecular formula is C15H21BrIN. The van der Waals surface area contributed by atoms with Crippen molar-refractivity contribution >= 4 is 44.2 Å². The van der Waals surface area contributed by atoms with Gasteiger partial charge in [0.05, 0.1) is 0 Å². The van der Waals surface area contributed by atoms with Crippen molar-refractivity contribution in [3.63, 3.8) is 0 Å². The third-order valence-corrected chi connectivity index (χ3v) is 5.44. The molecule has 3 heteroatoms. The minimum atomic E-state index is 0.655. The summed E-state index contributed by atoms with van der Waals surface area (Å²) >= 11 is 5.95. The second kappa shape index (κ2) is 6.60. The summed E-state index contributed by atoms with van der Waals surface area (Å²) in [5.41, 5.74) is 1.28. The van der Waals surface area contributed by atoms with Crippen LogP contribution in [0.2, 0.25) is 0 Å². The molecule has 0 spiro atoms. The summed E-state index contributed by atoms with van der Waals surface area (Å²) in [7, 11) is 0. The van der Waals surface area contributed by atoms with Gasteiger partial charge in [-0.15, -0.1) is 0 Å². The van der Waals surface area contributed by atoms with Crippen LogP contribution >= 0.6 is 38.5 Å². The Kier molecular flexibility index (Phi) is 5.36. The van der Waals surface area contributed by atoms with Gasteiger partial charge in [-0.25, -0.2) is 0 Å². The highest BCUT2D eigenvalue weighted by Gasteiger charge is 2.23. The lowest BCUT2D eigenvalue weighted by Gasteiger charge is -2.32. The van der Waals surface area contributed by atoms with Crippen LogP contribution < -0.4 is 5.32 Å². The lowest BCUT2D eigenvalue weighted by Crippen LogP contribution is -2.28. The first-order valence-electron chi connectivity index (χ1n) is 6.78. The fourth-order valence-corrected chi connectivity index (χ4v) is 3.61. The highest BCUT2D eigenvalue weighted by atomic mass is 127. The highest BCUT2D eigenvalue weighted by molar-refractivity contribution is 14.1. The summed E-state index contributed by atoms with van der Waals surface area (Å²) in [6, 6.07) is 7.11. The van der Waals surface area contributed by atoms with Gasteiger partial charge in [0.15, 0.2) is 0 Å². The first kappa shape index (κ1) is 14.6. The van der Waals surface area contributed by atoms with Gasteiger partial charge in [0.1, 0.15) is 0 Å². The molecule has 0 atom stereocenters. The molecule has 0 saturated heterocycles. The normalized spacial score (nSPS) is 24.3. The van der Waals surface area contributed by atoms with Gasteiger partial charge in [-0.05, 0) is 78.3 Å². The average molecular weight is 422 g/mol. The molecule has 1 aliphatic rings. The van der Waals surface area contributed by atoms with Crippen molar-refractivity contribution in [3.8, 4) is 0 Å². The van der Waals surface area contributed by atoms with Crippen molar-refractivity contribution in [2.24, 2.45) is 11.8 Å². The standard InChI is InChI=1S/C15H21BrIN/c1-10(2)11-3-6-13(7-4-11)18-15-9-12(16)5-8-14(15)17/h5,8-11,13,18H,3-4,6-7H2,1-2H3. The molecule has 1 aliphatic carbocycles.